The largest absolute Gasteiger partial charge is 0.486 e. The number of hydrogen-bond acceptors (Lipinski definition) is 8. The summed E-state index contributed by atoms with van der Waals surface area (Å²) in [4.78, 5) is 28.7. The first kappa shape index (κ1) is 18.8. The molecular weight excluding hydrogens is 398 g/mol. The lowest BCUT2D eigenvalue weighted by atomic mass is 10.1. The van der Waals surface area contributed by atoms with Crippen molar-refractivity contribution < 1.29 is 23.8 Å². The first-order valence-corrected chi connectivity index (χ1v) is 10.6. The predicted molar refractivity (Wildman–Crippen MR) is 108 cm³/mol. The molecule has 1 aliphatic rings. The van der Waals surface area contributed by atoms with E-state index in [9.17, 15) is 9.59 Å². The van der Waals surface area contributed by atoms with Crippen molar-refractivity contribution in [1.82, 2.24) is 4.98 Å². The molecule has 4 rings (SSSR count). The number of carbonyl (C=O) groups is 2. The summed E-state index contributed by atoms with van der Waals surface area (Å²) in [5, 5.41) is 0. The third-order valence-corrected chi connectivity index (χ3v) is 6.22. The highest BCUT2D eigenvalue weighted by atomic mass is 32.2. The minimum Gasteiger partial charge on any atom is -0.486 e. The standard InChI is InChI=1S/C20H17NO5S2/c22-15(13-5-6-16-17(11-13)25-9-8-24-16)12-26-19(23)7-10-27-20-21-14-3-1-2-4-18(14)28-20/h1-6,11H,7-10,12H2. The Morgan fingerprint density at radius 1 is 1.11 bits per heavy atom. The molecule has 0 fully saturated rings. The molecule has 0 saturated heterocycles. The highest BCUT2D eigenvalue weighted by Gasteiger charge is 2.16. The van der Waals surface area contributed by atoms with Crippen molar-refractivity contribution in [3.8, 4) is 11.5 Å². The molecule has 3 aromatic rings. The van der Waals surface area contributed by atoms with E-state index >= 15 is 0 Å². The minimum atomic E-state index is -0.403. The van der Waals surface area contributed by atoms with Crippen molar-refractivity contribution in [2.24, 2.45) is 0 Å². The second kappa shape index (κ2) is 8.62. The Bertz CT molecular complexity index is 984. The smallest absolute Gasteiger partial charge is 0.307 e. The van der Waals surface area contributed by atoms with Crippen LogP contribution >= 0.6 is 23.1 Å². The molecule has 28 heavy (non-hydrogen) atoms. The number of fused-ring (bicyclic) bond motifs is 2. The zero-order valence-electron chi connectivity index (χ0n) is 14.9. The second-order valence-electron chi connectivity index (χ2n) is 5.99. The van der Waals surface area contributed by atoms with Gasteiger partial charge in [-0.15, -0.1) is 11.3 Å². The van der Waals surface area contributed by atoms with Gasteiger partial charge in [-0.3, -0.25) is 9.59 Å². The van der Waals surface area contributed by atoms with Crippen molar-refractivity contribution in [2.75, 3.05) is 25.6 Å². The van der Waals surface area contributed by atoms with Crippen LogP contribution in [-0.4, -0.2) is 42.3 Å². The number of ether oxygens (including phenoxy) is 3. The third-order valence-electron chi connectivity index (χ3n) is 4.03. The van der Waals surface area contributed by atoms with Crippen molar-refractivity contribution in [2.45, 2.75) is 10.8 Å². The normalized spacial score (nSPS) is 12.7. The van der Waals surface area contributed by atoms with Crippen LogP contribution in [0.5, 0.6) is 11.5 Å². The summed E-state index contributed by atoms with van der Waals surface area (Å²) in [6.07, 6.45) is 0.217. The first-order chi connectivity index (χ1) is 13.7. The maximum Gasteiger partial charge on any atom is 0.307 e. The molecule has 0 atom stereocenters. The summed E-state index contributed by atoms with van der Waals surface area (Å²) in [7, 11) is 0. The van der Waals surface area contributed by atoms with Crippen LogP contribution in [0.1, 0.15) is 16.8 Å². The van der Waals surface area contributed by atoms with Gasteiger partial charge in [-0.05, 0) is 30.3 Å². The van der Waals surface area contributed by atoms with Gasteiger partial charge in [0.15, 0.2) is 28.2 Å². The maximum atomic E-state index is 12.2. The summed E-state index contributed by atoms with van der Waals surface area (Å²) >= 11 is 3.11. The number of thioether (sulfide) groups is 1. The Labute approximate surface area is 169 Å². The van der Waals surface area contributed by atoms with Crippen LogP contribution in [0.2, 0.25) is 0 Å². The molecule has 0 bridgehead atoms. The van der Waals surface area contributed by atoms with Gasteiger partial charge < -0.3 is 14.2 Å². The number of ketones is 1. The van der Waals surface area contributed by atoms with Crippen LogP contribution in [0.4, 0.5) is 0 Å². The van der Waals surface area contributed by atoms with E-state index in [1.54, 1.807) is 29.5 Å². The molecular formula is C20H17NO5S2. The number of esters is 1. The fourth-order valence-electron chi connectivity index (χ4n) is 2.65. The average Bonchev–Trinajstić information content (AvgIpc) is 3.14. The van der Waals surface area contributed by atoms with E-state index in [1.807, 2.05) is 24.3 Å². The lowest BCUT2D eigenvalue weighted by molar-refractivity contribution is -0.141. The topological polar surface area (TPSA) is 74.7 Å². The number of thiazole rings is 1. The van der Waals surface area contributed by atoms with Crippen LogP contribution in [0.25, 0.3) is 10.2 Å². The van der Waals surface area contributed by atoms with Crippen LogP contribution in [0.3, 0.4) is 0 Å². The Morgan fingerprint density at radius 2 is 1.93 bits per heavy atom. The fraction of sp³-hybridized carbons (Fsp3) is 0.250. The van der Waals surface area contributed by atoms with Gasteiger partial charge in [0, 0.05) is 11.3 Å². The summed E-state index contributed by atoms with van der Waals surface area (Å²) < 4.78 is 18.0. The molecule has 0 unspecified atom stereocenters. The van der Waals surface area contributed by atoms with Crippen LogP contribution < -0.4 is 9.47 Å². The quantitative estimate of drug-likeness (QED) is 0.328. The van der Waals surface area contributed by atoms with Gasteiger partial charge in [-0.25, -0.2) is 4.98 Å². The molecule has 0 amide bonds. The van der Waals surface area contributed by atoms with Crippen molar-refractivity contribution in [3.63, 3.8) is 0 Å². The minimum absolute atomic E-state index is 0.217. The molecule has 2 aromatic carbocycles. The van der Waals surface area contributed by atoms with E-state index in [2.05, 4.69) is 4.98 Å². The predicted octanol–water partition coefficient (Wildman–Crippen LogP) is 3.98. The number of carbonyl (C=O) groups excluding carboxylic acids is 2. The lowest BCUT2D eigenvalue weighted by Crippen LogP contribution is -2.17. The molecule has 0 spiro atoms. The molecule has 1 aliphatic heterocycles. The van der Waals surface area contributed by atoms with E-state index in [0.29, 0.717) is 36.0 Å². The van der Waals surface area contributed by atoms with Crippen molar-refractivity contribution >= 4 is 45.1 Å². The number of para-hydroxylation sites is 1. The van der Waals surface area contributed by atoms with E-state index in [1.165, 1.54) is 11.8 Å². The Kier molecular flexibility index (Phi) is 5.78. The summed E-state index contributed by atoms with van der Waals surface area (Å²) in [6.45, 7) is 0.656. The zero-order chi connectivity index (χ0) is 19.3. The lowest BCUT2D eigenvalue weighted by Gasteiger charge is -2.18. The number of aromatic nitrogens is 1. The van der Waals surface area contributed by atoms with Gasteiger partial charge in [-0.1, -0.05) is 23.9 Å². The van der Waals surface area contributed by atoms with Gasteiger partial charge in [-0.2, -0.15) is 0 Å². The molecule has 0 N–H and O–H groups in total. The summed E-state index contributed by atoms with van der Waals surface area (Å²) in [5.74, 6) is 1.03. The van der Waals surface area contributed by atoms with Crippen molar-refractivity contribution in [1.29, 1.82) is 0 Å². The van der Waals surface area contributed by atoms with Crippen LogP contribution in [-0.2, 0) is 9.53 Å². The monoisotopic (exact) mass is 415 g/mol. The number of nitrogens with zero attached hydrogens (tertiary/aromatic N) is 1. The molecule has 1 aromatic heterocycles. The molecule has 2 heterocycles. The highest BCUT2D eigenvalue weighted by molar-refractivity contribution is 8.01. The number of hydrogen-bond donors (Lipinski definition) is 0. The molecule has 144 valence electrons. The zero-order valence-corrected chi connectivity index (χ0v) is 16.5. The number of benzene rings is 2. The van der Waals surface area contributed by atoms with E-state index in [4.69, 9.17) is 14.2 Å². The van der Waals surface area contributed by atoms with Gasteiger partial charge in [0.2, 0.25) is 0 Å². The van der Waals surface area contributed by atoms with Crippen LogP contribution in [0.15, 0.2) is 46.8 Å². The Balaban J connectivity index is 1.23. The first-order valence-electron chi connectivity index (χ1n) is 8.76. The van der Waals surface area contributed by atoms with Gasteiger partial charge in [0.05, 0.1) is 16.6 Å². The van der Waals surface area contributed by atoms with E-state index in [-0.39, 0.29) is 18.8 Å². The van der Waals surface area contributed by atoms with Gasteiger partial charge in [0.1, 0.15) is 13.2 Å². The Hall–Kier alpha value is -2.58. The summed E-state index contributed by atoms with van der Waals surface area (Å²) in [6, 6.07) is 12.9. The molecule has 0 radical (unpaired) electrons. The highest BCUT2D eigenvalue weighted by Crippen LogP contribution is 2.31. The van der Waals surface area contributed by atoms with Crippen molar-refractivity contribution in [3.05, 3.63) is 48.0 Å². The van der Waals surface area contributed by atoms with E-state index < -0.39 is 5.97 Å². The third kappa shape index (κ3) is 4.45. The molecule has 6 nitrogen and oxygen atoms in total. The maximum absolute atomic E-state index is 12.2. The van der Waals surface area contributed by atoms with Gasteiger partial charge in [0.25, 0.3) is 0 Å². The number of Topliss-reactive ketones (excluding diaryl/α,β-unsaturated/α-hetero) is 1. The molecule has 0 aliphatic carbocycles. The SMILES string of the molecule is O=C(CCSc1nc2ccccc2s1)OCC(=O)c1ccc2c(c1)OCCO2. The van der Waals surface area contributed by atoms with E-state index in [0.717, 1.165) is 14.6 Å². The van der Waals surface area contributed by atoms with Gasteiger partial charge >= 0.3 is 5.97 Å². The number of rotatable bonds is 7. The van der Waals surface area contributed by atoms with Crippen LogP contribution in [0, 0.1) is 0 Å². The fourth-order valence-corrected chi connectivity index (χ4v) is 4.71. The average molecular weight is 415 g/mol. The summed E-state index contributed by atoms with van der Waals surface area (Å²) in [5.41, 5.74) is 1.39. The Morgan fingerprint density at radius 3 is 2.79 bits per heavy atom. The molecule has 0 saturated carbocycles. The second-order valence-corrected chi connectivity index (χ2v) is 8.36. The molecule has 8 heteroatoms.